The van der Waals surface area contributed by atoms with Gasteiger partial charge in [-0.25, -0.2) is 4.79 Å². The van der Waals surface area contributed by atoms with Gasteiger partial charge in [0.1, 0.15) is 3.55 Å². The number of amides is 2. The lowest BCUT2D eigenvalue weighted by Crippen LogP contribution is -2.51. The Hall–Kier alpha value is 0.0800. The maximum absolute atomic E-state index is 11.5. The smallest absolute Gasteiger partial charge is 0.333 e. The van der Waals surface area contributed by atoms with E-state index >= 15 is 0 Å². The second-order valence-electron chi connectivity index (χ2n) is 4.08. The van der Waals surface area contributed by atoms with Crippen LogP contribution in [0.4, 0.5) is 0 Å². The van der Waals surface area contributed by atoms with Crippen LogP contribution < -0.4 is 10.6 Å². The Morgan fingerprint density at radius 2 is 1.85 bits per heavy atom. The van der Waals surface area contributed by atoms with Gasteiger partial charge in [-0.1, -0.05) is 22.6 Å². The van der Waals surface area contributed by atoms with E-state index in [0.29, 0.717) is 9.28 Å². The molecule has 0 fully saturated rings. The van der Waals surface area contributed by atoms with E-state index in [1.807, 2.05) is 67.8 Å². The fraction of sp³-hybridized carbons (Fsp3) is 0.364. The molecule has 6 nitrogen and oxygen atoms in total. The number of carbonyl (C=O) groups is 3. The minimum atomic E-state index is -1.07. The third kappa shape index (κ3) is 4.05. The number of halogens is 3. The van der Waals surface area contributed by atoms with Gasteiger partial charge in [0.25, 0.3) is 0 Å². The summed E-state index contributed by atoms with van der Waals surface area (Å²) >= 11 is 5.86. The maximum Gasteiger partial charge on any atom is 0.333 e. The SMILES string of the molecule is CC(=O)NC1=CC(I)(NC(C)=O)C(I)C(C(=O)O)=C1I. The fourth-order valence-electron chi connectivity index (χ4n) is 1.67. The third-order valence-corrected chi connectivity index (χ3v) is 7.52. The van der Waals surface area contributed by atoms with E-state index in [1.54, 1.807) is 6.08 Å². The molecule has 2 amide bonds. The highest BCUT2D eigenvalue weighted by Gasteiger charge is 2.43. The van der Waals surface area contributed by atoms with Gasteiger partial charge in [-0.15, -0.1) is 0 Å². The Kier molecular flexibility index (Phi) is 6.25. The highest BCUT2D eigenvalue weighted by molar-refractivity contribution is 14.1. The summed E-state index contributed by atoms with van der Waals surface area (Å²) in [5, 5.41) is 14.7. The predicted molar refractivity (Wildman–Crippen MR) is 99.0 cm³/mol. The van der Waals surface area contributed by atoms with E-state index in [2.05, 4.69) is 10.6 Å². The Bertz CT molecular complexity index is 544. The van der Waals surface area contributed by atoms with Crippen LogP contribution in [0.15, 0.2) is 20.9 Å². The molecule has 0 radical (unpaired) electrons. The van der Waals surface area contributed by atoms with E-state index in [0.717, 1.165) is 0 Å². The second-order valence-corrected chi connectivity index (χ2v) is 8.19. The van der Waals surface area contributed by atoms with Gasteiger partial charge in [-0.05, 0) is 51.3 Å². The van der Waals surface area contributed by atoms with E-state index in [1.165, 1.54) is 13.8 Å². The Balaban J connectivity index is 3.38. The average Bonchev–Trinajstić information content (AvgIpc) is 2.24. The molecule has 1 aliphatic rings. The zero-order chi connectivity index (χ0) is 15.7. The van der Waals surface area contributed by atoms with Gasteiger partial charge >= 0.3 is 5.97 Å². The monoisotopic (exact) mass is 616 g/mol. The van der Waals surface area contributed by atoms with Gasteiger partial charge in [0.05, 0.1) is 15.2 Å². The average molecular weight is 616 g/mol. The fourth-order valence-corrected chi connectivity index (χ4v) is 5.01. The van der Waals surface area contributed by atoms with Crippen molar-refractivity contribution in [2.24, 2.45) is 0 Å². The van der Waals surface area contributed by atoms with Crippen LogP contribution in [0, 0.1) is 0 Å². The molecule has 0 aromatic carbocycles. The summed E-state index contributed by atoms with van der Waals surface area (Å²) < 4.78 is -0.918. The molecule has 1 aliphatic carbocycles. The minimum absolute atomic E-state index is 0.153. The minimum Gasteiger partial charge on any atom is -0.478 e. The molecule has 110 valence electrons. The van der Waals surface area contributed by atoms with Gasteiger partial charge in [0.15, 0.2) is 0 Å². The number of hydrogen-bond acceptors (Lipinski definition) is 3. The van der Waals surface area contributed by atoms with Crippen LogP contribution in [0.25, 0.3) is 0 Å². The van der Waals surface area contributed by atoms with E-state index < -0.39 is 13.4 Å². The number of carbonyl (C=O) groups excluding carboxylic acids is 2. The molecule has 0 spiro atoms. The number of hydrogen-bond donors (Lipinski definition) is 3. The first-order chi connectivity index (χ1) is 9.08. The Morgan fingerprint density at radius 3 is 2.25 bits per heavy atom. The van der Waals surface area contributed by atoms with E-state index in [4.69, 9.17) is 0 Å². The van der Waals surface area contributed by atoms with Crippen molar-refractivity contribution in [1.82, 2.24) is 10.6 Å². The normalized spacial score (nSPS) is 25.9. The predicted octanol–water partition coefficient (Wildman–Crippen LogP) is 1.86. The summed E-state index contributed by atoms with van der Waals surface area (Å²) in [6.07, 6.45) is 1.67. The maximum atomic E-state index is 11.5. The summed E-state index contributed by atoms with van der Waals surface area (Å²) in [5.41, 5.74) is 0.548. The molecule has 20 heavy (non-hydrogen) atoms. The van der Waals surface area contributed by atoms with Crippen LogP contribution in [-0.4, -0.2) is 30.4 Å². The van der Waals surface area contributed by atoms with Crippen LogP contribution in [-0.2, 0) is 14.4 Å². The van der Waals surface area contributed by atoms with Crippen molar-refractivity contribution in [3.05, 3.63) is 20.9 Å². The largest absolute Gasteiger partial charge is 0.478 e. The first-order valence-corrected chi connectivity index (χ1v) is 8.74. The molecule has 0 bridgehead atoms. The molecule has 1 rings (SSSR count). The molecule has 0 aromatic heterocycles. The second kappa shape index (κ2) is 6.89. The van der Waals surface area contributed by atoms with Gasteiger partial charge in [-0.2, -0.15) is 0 Å². The van der Waals surface area contributed by atoms with Crippen LogP contribution >= 0.6 is 67.8 Å². The van der Waals surface area contributed by atoms with Crippen molar-refractivity contribution in [3.63, 3.8) is 0 Å². The molecule has 0 aliphatic heterocycles. The lowest BCUT2D eigenvalue weighted by Gasteiger charge is -2.35. The zero-order valence-corrected chi connectivity index (χ0v) is 16.9. The van der Waals surface area contributed by atoms with Gasteiger partial charge in [-0.3, -0.25) is 9.59 Å². The summed E-state index contributed by atoms with van der Waals surface area (Å²) in [5.74, 6) is -1.65. The number of carboxylic acid groups (broad SMARTS) is 1. The molecular weight excluding hydrogens is 605 g/mol. The van der Waals surface area contributed by atoms with Gasteiger partial charge in [0, 0.05) is 17.4 Å². The van der Waals surface area contributed by atoms with Crippen LogP contribution in [0.3, 0.4) is 0 Å². The van der Waals surface area contributed by atoms with Crippen molar-refractivity contribution in [1.29, 1.82) is 0 Å². The molecule has 0 saturated carbocycles. The quantitative estimate of drug-likeness (QED) is 0.257. The number of carboxylic acids is 1. The number of aliphatic carboxylic acids is 1. The number of allylic oxidation sites excluding steroid dienone is 1. The molecule has 3 N–H and O–H groups in total. The lowest BCUT2D eigenvalue weighted by atomic mass is 9.98. The summed E-state index contributed by atoms with van der Waals surface area (Å²) in [6.45, 7) is 2.70. The van der Waals surface area contributed by atoms with E-state index in [-0.39, 0.29) is 17.4 Å². The Labute approximate surface area is 156 Å². The molecule has 2 unspecified atom stereocenters. The molecule has 0 saturated heterocycles. The molecule has 0 heterocycles. The van der Waals surface area contributed by atoms with Crippen LogP contribution in [0.1, 0.15) is 13.8 Å². The number of alkyl halides is 2. The highest BCUT2D eigenvalue weighted by atomic mass is 127. The zero-order valence-electron chi connectivity index (χ0n) is 10.5. The van der Waals surface area contributed by atoms with Crippen molar-refractivity contribution >= 4 is 85.6 Å². The summed E-state index contributed by atoms with van der Waals surface area (Å²) in [6, 6.07) is 0. The van der Waals surface area contributed by atoms with Crippen molar-refractivity contribution in [3.8, 4) is 0 Å². The van der Waals surface area contributed by atoms with Gasteiger partial charge < -0.3 is 15.7 Å². The first-order valence-electron chi connectivity index (χ1n) is 5.34. The van der Waals surface area contributed by atoms with Crippen molar-refractivity contribution in [2.45, 2.75) is 21.3 Å². The molecule has 9 heteroatoms. The highest BCUT2D eigenvalue weighted by Crippen LogP contribution is 2.42. The van der Waals surface area contributed by atoms with Gasteiger partial charge in [0.2, 0.25) is 11.8 Å². The molecule has 0 aromatic rings. The topological polar surface area (TPSA) is 95.5 Å². The molecule has 2 atom stereocenters. The van der Waals surface area contributed by atoms with Crippen LogP contribution in [0.5, 0.6) is 0 Å². The summed E-state index contributed by atoms with van der Waals surface area (Å²) in [7, 11) is 0. The summed E-state index contributed by atoms with van der Waals surface area (Å²) in [4.78, 5) is 34.0. The Morgan fingerprint density at radius 1 is 1.30 bits per heavy atom. The van der Waals surface area contributed by atoms with Crippen molar-refractivity contribution < 1.29 is 19.5 Å². The first kappa shape index (κ1) is 18.1. The number of nitrogens with one attached hydrogen (secondary N) is 2. The number of rotatable bonds is 3. The third-order valence-electron chi connectivity index (χ3n) is 2.36. The van der Waals surface area contributed by atoms with E-state index in [9.17, 15) is 19.5 Å². The molecular formula is C11H11I3N2O4. The lowest BCUT2D eigenvalue weighted by molar-refractivity contribution is -0.133. The van der Waals surface area contributed by atoms with Crippen molar-refractivity contribution in [2.75, 3.05) is 0 Å². The van der Waals surface area contributed by atoms with Crippen LogP contribution in [0.2, 0.25) is 0 Å². The standard InChI is InChI=1S/C11H11I3N2O4/c1-4(17)15-6-3-11(14,16-5(2)18)9(13)7(8(6)12)10(19)20/h3,9H,1-2H3,(H,15,17)(H,16,18)(H,19,20).